The van der Waals surface area contributed by atoms with Crippen LogP contribution in [0.1, 0.15) is 0 Å². The molecule has 3 nitrogen and oxygen atoms in total. The van der Waals surface area contributed by atoms with E-state index >= 15 is 0 Å². The predicted octanol–water partition coefficient (Wildman–Crippen LogP) is 1.36. The lowest BCUT2D eigenvalue weighted by Gasteiger charge is -2.02. The molecule has 0 fully saturated rings. The van der Waals surface area contributed by atoms with Gasteiger partial charge in [0.15, 0.2) is 0 Å². The third-order valence-electron chi connectivity index (χ3n) is 1.67. The molecule has 1 rings (SSSR count). The molecule has 1 aromatic rings. The molecule has 12 heavy (non-hydrogen) atoms. The third-order valence-corrected chi connectivity index (χ3v) is 3.51. The Balaban J connectivity index is 3.24. The Kier molecular flexibility index (Phi) is 2.38. The van der Waals surface area contributed by atoms with Crippen molar-refractivity contribution in [2.75, 3.05) is 19.0 Å². The maximum atomic E-state index is 11.7. The lowest BCUT2D eigenvalue weighted by Crippen LogP contribution is -1.96. The molecule has 0 heterocycles. The van der Waals surface area contributed by atoms with Gasteiger partial charge in [-0.3, -0.25) is 0 Å². The van der Waals surface area contributed by atoms with Gasteiger partial charge < -0.3 is 5.73 Å². The van der Waals surface area contributed by atoms with Gasteiger partial charge in [-0.2, -0.15) is 0 Å². The van der Waals surface area contributed by atoms with Gasteiger partial charge in [0.2, 0.25) is 0 Å². The molecule has 66 valence electrons. The molecule has 1 aromatic carbocycles. The van der Waals surface area contributed by atoms with Gasteiger partial charge in [0.1, 0.15) is 0 Å². The minimum absolute atomic E-state index is 0.671. The second-order valence-corrected chi connectivity index (χ2v) is 5.00. The minimum atomic E-state index is -2.20. The monoisotopic (exact) mass is 184 g/mol. The van der Waals surface area contributed by atoms with Crippen molar-refractivity contribution < 1.29 is 4.21 Å². The summed E-state index contributed by atoms with van der Waals surface area (Å²) in [5, 5.41) is 0. The van der Waals surface area contributed by atoms with Crippen molar-refractivity contribution in [3.05, 3.63) is 24.3 Å². The molecule has 0 bridgehead atoms. The van der Waals surface area contributed by atoms with Crippen molar-refractivity contribution in [1.29, 1.82) is 0 Å². The van der Waals surface area contributed by atoms with Crippen LogP contribution in [0.25, 0.3) is 0 Å². The number of nitrogens with zero attached hydrogens (tertiary/aromatic N) is 1. The summed E-state index contributed by atoms with van der Waals surface area (Å²) >= 11 is 0. The van der Waals surface area contributed by atoms with Gasteiger partial charge in [0.05, 0.1) is 9.73 Å². The van der Waals surface area contributed by atoms with Gasteiger partial charge in [-0.15, -0.1) is 0 Å². The molecule has 2 N–H and O–H groups in total. The molecule has 0 aliphatic heterocycles. The van der Waals surface area contributed by atoms with Crippen LogP contribution in [0.3, 0.4) is 0 Å². The summed E-state index contributed by atoms with van der Waals surface area (Å²) < 4.78 is 15.5. The van der Waals surface area contributed by atoms with E-state index in [1.807, 2.05) is 0 Å². The number of benzene rings is 1. The molecule has 1 unspecified atom stereocenters. The van der Waals surface area contributed by atoms with Crippen LogP contribution in [0.2, 0.25) is 0 Å². The van der Waals surface area contributed by atoms with Crippen LogP contribution in [0.4, 0.5) is 5.69 Å². The predicted molar refractivity (Wildman–Crippen MR) is 51.5 cm³/mol. The number of nitrogen functional groups attached to an aromatic ring is 1. The summed E-state index contributed by atoms with van der Waals surface area (Å²) in [5.74, 6) is 0. The fourth-order valence-electron chi connectivity index (χ4n) is 0.826. The molecule has 0 aliphatic rings. The Morgan fingerprint density at radius 3 is 2.25 bits per heavy atom. The zero-order chi connectivity index (χ0) is 9.19. The Morgan fingerprint density at radius 2 is 1.83 bits per heavy atom. The molecule has 0 spiro atoms. The van der Waals surface area contributed by atoms with Crippen LogP contribution in [0.15, 0.2) is 33.5 Å². The van der Waals surface area contributed by atoms with Crippen molar-refractivity contribution in [3.8, 4) is 0 Å². The van der Waals surface area contributed by atoms with Gasteiger partial charge in [-0.1, -0.05) is 0 Å². The highest BCUT2D eigenvalue weighted by atomic mass is 32.2. The average Bonchev–Trinajstić information content (AvgIpc) is 2.05. The zero-order valence-corrected chi connectivity index (χ0v) is 7.97. The molecule has 0 amide bonds. The Bertz CT molecular complexity index is 375. The zero-order valence-electron chi connectivity index (χ0n) is 7.15. The molecule has 0 aromatic heterocycles. The van der Waals surface area contributed by atoms with E-state index in [0.717, 1.165) is 4.90 Å². The Morgan fingerprint density at radius 1 is 1.33 bits per heavy atom. The standard InChI is InChI=1S/C8H12N2OS/c1-10-12(2,11)8-5-3-7(9)4-6-8/h3-6H,9H2,1-2H3. The molecular formula is C8H12N2OS. The van der Waals surface area contributed by atoms with Gasteiger partial charge >= 0.3 is 0 Å². The Labute approximate surface area is 72.8 Å². The number of hydrogen-bond donors (Lipinski definition) is 1. The lowest BCUT2D eigenvalue weighted by molar-refractivity contribution is 0.680. The van der Waals surface area contributed by atoms with E-state index in [0.29, 0.717) is 5.69 Å². The van der Waals surface area contributed by atoms with Crippen molar-refractivity contribution >= 4 is 15.4 Å². The largest absolute Gasteiger partial charge is 0.399 e. The molecule has 1 atom stereocenters. The van der Waals surface area contributed by atoms with Crippen LogP contribution in [0.5, 0.6) is 0 Å². The van der Waals surface area contributed by atoms with Crippen LogP contribution in [-0.4, -0.2) is 17.5 Å². The first-order valence-corrected chi connectivity index (χ1v) is 5.44. The van der Waals surface area contributed by atoms with Crippen LogP contribution in [0, 0.1) is 0 Å². The quantitative estimate of drug-likeness (QED) is 0.670. The van der Waals surface area contributed by atoms with Gasteiger partial charge in [0.25, 0.3) is 0 Å². The number of hydrogen-bond acceptors (Lipinski definition) is 3. The highest BCUT2D eigenvalue weighted by Gasteiger charge is 2.02. The highest BCUT2D eigenvalue weighted by molar-refractivity contribution is 7.93. The van der Waals surface area contributed by atoms with Gasteiger partial charge in [-0.05, 0) is 24.3 Å². The summed E-state index contributed by atoms with van der Waals surface area (Å²) in [7, 11) is -0.641. The van der Waals surface area contributed by atoms with Crippen molar-refractivity contribution in [1.82, 2.24) is 0 Å². The fraction of sp³-hybridized carbons (Fsp3) is 0.250. The molecule has 0 radical (unpaired) electrons. The minimum Gasteiger partial charge on any atom is -0.399 e. The summed E-state index contributed by atoms with van der Waals surface area (Å²) in [6, 6.07) is 6.93. The van der Waals surface area contributed by atoms with E-state index in [1.165, 1.54) is 0 Å². The maximum absolute atomic E-state index is 11.7. The van der Waals surface area contributed by atoms with Gasteiger partial charge in [0, 0.05) is 23.9 Å². The van der Waals surface area contributed by atoms with E-state index in [4.69, 9.17) is 5.73 Å². The number of rotatable bonds is 1. The second kappa shape index (κ2) is 3.15. The summed E-state index contributed by atoms with van der Waals surface area (Å²) in [4.78, 5) is 0.721. The lowest BCUT2D eigenvalue weighted by atomic mass is 10.3. The highest BCUT2D eigenvalue weighted by Crippen LogP contribution is 2.12. The van der Waals surface area contributed by atoms with Gasteiger partial charge in [-0.25, -0.2) is 8.57 Å². The number of nitrogens with two attached hydrogens (primary N) is 1. The van der Waals surface area contributed by atoms with Crippen LogP contribution < -0.4 is 5.73 Å². The van der Waals surface area contributed by atoms with E-state index in [1.54, 1.807) is 37.6 Å². The van der Waals surface area contributed by atoms with E-state index in [-0.39, 0.29) is 0 Å². The van der Waals surface area contributed by atoms with Crippen molar-refractivity contribution in [3.63, 3.8) is 0 Å². The first-order chi connectivity index (χ1) is 5.56. The van der Waals surface area contributed by atoms with E-state index in [9.17, 15) is 4.21 Å². The molecular weight excluding hydrogens is 172 g/mol. The fourth-order valence-corrected chi connectivity index (χ4v) is 1.68. The third kappa shape index (κ3) is 1.76. The smallest absolute Gasteiger partial charge is 0.0720 e. The topological polar surface area (TPSA) is 55.5 Å². The van der Waals surface area contributed by atoms with E-state index < -0.39 is 9.73 Å². The van der Waals surface area contributed by atoms with Crippen LogP contribution in [-0.2, 0) is 9.73 Å². The maximum Gasteiger partial charge on any atom is 0.0720 e. The summed E-state index contributed by atoms with van der Waals surface area (Å²) in [6.07, 6.45) is 1.61. The normalized spacial score (nSPS) is 15.2. The first kappa shape index (κ1) is 9.06. The van der Waals surface area contributed by atoms with Crippen molar-refractivity contribution in [2.24, 2.45) is 4.36 Å². The van der Waals surface area contributed by atoms with E-state index in [2.05, 4.69) is 4.36 Å². The average molecular weight is 184 g/mol. The van der Waals surface area contributed by atoms with Crippen molar-refractivity contribution in [2.45, 2.75) is 4.90 Å². The SMILES string of the molecule is CN=S(C)(=O)c1ccc(N)cc1. The molecule has 0 aliphatic carbocycles. The Hall–Kier alpha value is -1.03. The first-order valence-electron chi connectivity index (χ1n) is 3.52. The molecule has 0 saturated heterocycles. The molecule has 0 saturated carbocycles. The van der Waals surface area contributed by atoms with Crippen LogP contribution >= 0.6 is 0 Å². The summed E-state index contributed by atoms with van der Waals surface area (Å²) in [6.45, 7) is 0. The summed E-state index contributed by atoms with van der Waals surface area (Å²) in [5.41, 5.74) is 6.16. The molecule has 4 heteroatoms. The second-order valence-electron chi connectivity index (χ2n) is 2.55. The number of anilines is 1.